The predicted octanol–water partition coefficient (Wildman–Crippen LogP) is 1.58. The van der Waals surface area contributed by atoms with E-state index in [1.54, 1.807) is 0 Å². The number of hydrogen-bond donors (Lipinski definition) is 2. The van der Waals surface area contributed by atoms with Crippen LogP contribution in [0, 0.1) is 16.7 Å². The molecule has 1 aliphatic carbocycles. The molecule has 0 bridgehead atoms. The molecule has 0 aromatic heterocycles. The molecule has 0 saturated heterocycles. The summed E-state index contributed by atoms with van der Waals surface area (Å²) in [5, 5.41) is 14.3. The second kappa shape index (κ2) is 7.29. The molecule has 0 aromatic carbocycles. The van der Waals surface area contributed by atoms with Crippen LogP contribution in [-0.4, -0.2) is 25.5 Å². The van der Waals surface area contributed by atoms with Crippen LogP contribution in [0.5, 0.6) is 0 Å². The number of carbonyl (C=O) groups is 1. The highest BCUT2D eigenvalue weighted by Gasteiger charge is 2.31. The maximum absolute atomic E-state index is 11.4. The number of nitriles is 1. The average Bonchev–Trinajstić information content (AvgIpc) is 2.79. The second-order valence-corrected chi connectivity index (χ2v) is 4.92. The van der Waals surface area contributed by atoms with Crippen molar-refractivity contribution in [1.29, 1.82) is 5.26 Å². The Balaban J connectivity index is 2.14. The van der Waals surface area contributed by atoms with E-state index in [4.69, 9.17) is 5.26 Å². The van der Waals surface area contributed by atoms with E-state index in [0.29, 0.717) is 24.9 Å². The van der Waals surface area contributed by atoms with Gasteiger partial charge in [0.05, 0.1) is 19.0 Å². The zero-order valence-electron chi connectivity index (χ0n) is 10.7. The zero-order valence-corrected chi connectivity index (χ0v) is 10.7. The van der Waals surface area contributed by atoms with E-state index in [2.05, 4.69) is 17.6 Å². The molecule has 0 aliphatic heterocycles. The molecule has 96 valence electrons. The fraction of sp³-hybridized carbons (Fsp3) is 0.846. The molecular formula is C13H23N3O. The monoisotopic (exact) mass is 237 g/mol. The van der Waals surface area contributed by atoms with Gasteiger partial charge in [-0.1, -0.05) is 19.8 Å². The normalized spacial score (nSPS) is 17.6. The first-order chi connectivity index (χ1) is 8.22. The van der Waals surface area contributed by atoms with Crippen LogP contribution in [0.2, 0.25) is 0 Å². The first kappa shape index (κ1) is 14.0. The van der Waals surface area contributed by atoms with E-state index in [0.717, 1.165) is 6.54 Å². The Morgan fingerprint density at radius 3 is 2.71 bits per heavy atom. The van der Waals surface area contributed by atoms with Crippen LogP contribution in [0.1, 0.15) is 45.4 Å². The van der Waals surface area contributed by atoms with Gasteiger partial charge in [-0.15, -0.1) is 0 Å². The maximum Gasteiger partial charge on any atom is 0.233 e. The molecule has 0 radical (unpaired) electrons. The van der Waals surface area contributed by atoms with Crippen LogP contribution < -0.4 is 10.6 Å². The van der Waals surface area contributed by atoms with Gasteiger partial charge in [0.15, 0.2) is 0 Å². The lowest BCUT2D eigenvalue weighted by molar-refractivity contribution is -0.120. The van der Waals surface area contributed by atoms with E-state index in [1.165, 1.54) is 32.1 Å². The van der Waals surface area contributed by atoms with Crippen molar-refractivity contribution in [1.82, 2.24) is 10.6 Å². The van der Waals surface area contributed by atoms with Crippen molar-refractivity contribution in [2.24, 2.45) is 5.41 Å². The number of hydrogen-bond acceptors (Lipinski definition) is 3. The Kier molecular flexibility index (Phi) is 5.99. The van der Waals surface area contributed by atoms with E-state index in [-0.39, 0.29) is 5.91 Å². The van der Waals surface area contributed by atoms with Gasteiger partial charge in [-0.25, -0.2) is 0 Å². The fourth-order valence-electron chi connectivity index (χ4n) is 2.54. The summed E-state index contributed by atoms with van der Waals surface area (Å²) in [4.78, 5) is 11.4. The highest BCUT2D eigenvalue weighted by molar-refractivity contribution is 5.77. The van der Waals surface area contributed by atoms with Crippen molar-refractivity contribution in [2.45, 2.75) is 45.4 Å². The minimum absolute atomic E-state index is 0.00972. The van der Waals surface area contributed by atoms with Crippen LogP contribution in [-0.2, 0) is 4.79 Å². The number of nitrogens with one attached hydrogen (secondary N) is 2. The first-order valence-corrected chi connectivity index (χ1v) is 6.57. The number of nitrogens with zero attached hydrogens (tertiary/aromatic N) is 1. The average molecular weight is 237 g/mol. The summed E-state index contributed by atoms with van der Waals surface area (Å²) < 4.78 is 0. The number of amides is 1. The molecule has 17 heavy (non-hydrogen) atoms. The molecule has 4 heteroatoms. The predicted molar refractivity (Wildman–Crippen MR) is 67.3 cm³/mol. The molecule has 0 aromatic rings. The van der Waals surface area contributed by atoms with Crippen LogP contribution in [0.25, 0.3) is 0 Å². The van der Waals surface area contributed by atoms with Crippen LogP contribution >= 0.6 is 0 Å². The largest absolute Gasteiger partial charge is 0.354 e. The van der Waals surface area contributed by atoms with Gasteiger partial charge in [0.25, 0.3) is 0 Å². The van der Waals surface area contributed by atoms with Gasteiger partial charge in [0.2, 0.25) is 5.91 Å². The van der Waals surface area contributed by atoms with Crippen LogP contribution in [0.4, 0.5) is 0 Å². The molecule has 0 spiro atoms. The molecule has 1 rings (SSSR count). The highest BCUT2D eigenvalue weighted by atomic mass is 16.1. The maximum atomic E-state index is 11.4. The van der Waals surface area contributed by atoms with Crippen LogP contribution in [0.15, 0.2) is 0 Å². The molecule has 1 fully saturated rings. The minimum atomic E-state index is -0.00972. The molecule has 4 nitrogen and oxygen atoms in total. The Labute approximate surface area is 104 Å². The van der Waals surface area contributed by atoms with Gasteiger partial charge in [-0.3, -0.25) is 4.79 Å². The fourth-order valence-corrected chi connectivity index (χ4v) is 2.54. The van der Waals surface area contributed by atoms with Gasteiger partial charge in [-0.2, -0.15) is 5.26 Å². The highest BCUT2D eigenvalue weighted by Crippen LogP contribution is 2.40. The number of carbonyl (C=O) groups excluding carboxylic acids is 1. The Bertz CT molecular complexity index is 277. The summed E-state index contributed by atoms with van der Waals surface area (Å²) in [7, 11) is 0. The van der Waals surface area contributed by atoms with Crippen molar-refractivity contribution < 1.29 is 4.79 Å². The molecule has 1 saturated carbocycles. The summed E-state index contributed by atoms with van der Waals surface area (Å²) in [5.41, 5.74) is 0.424. The van der Waals surface area contributed by atoms with Gasteiger partial charge in [0, 0.05) is 13.1 Å². The van der Waals surface area contributed by atoms with E-state index < -0.39 is 0 Å². The lowest BCUT2D eigenvalue weighted by atomic mass is 9.83. The molecule has 0 heterocycles. The molecule has 0 atom stereocenters. The Morgan fingerprint density at radius 1 is 1.41 bits per heavy atom. The summed E-state index contributed by atoms with van der Waals surface area (Å²) in [5.74, 6) is -0.00972. The second-order valence-electron chi connectivity index (χ2n) is 4.92. The van der Waals surface area contributed by atoms with Gasteiger partial charge in [0.1, 0.15) is 0 Å². The standard InChI is InChI=1S/C13H23N3O/c1-2-13(6-3-4-7-13)11-15-10-12(17)16-9-5-8-14/h15H,2-7,9-11H2,1H3,(H,16,17). The SMILES string of the molecule is CCC1(CNCC(=O)NCCC#N)CCCC1. The minimum Gasteiger partial charge on any atom is -0.354 e. The van der Waals surface area contributed by atoms with Crippen molar-refractivity contribution >= 4 is 5.91 Å². The summed E-state index contributed by atoms with van der Waals surface area (Å²) in [6, 6.07) is 2.00. The third-order valence-corrected chi connectivity index (χ3v) is 3.76. The van der Waals surface area contributed by atoms with Gasteiger partial charge < -0.3 is 10.6 Å². The Morgan fingerprint density at radius 2 is 2.12 bits per heavy atom. The molecule has 2 N–H and O–H groups in total. The lowest BCUT2D eigenvalue weighted by Gasteiger charge is -2.27. The molecule has 0 unspecified atom stereocenters. The van der Waals surface area contributed by atoms with E-state index >= 15 is 0 Å². The quantitative estimate of drug-likeness (QED) is 0.661. The summed E-state index contributed by atoms with van der Waals surface area (Å²) >= 11 is 0. The van der Waals surface area contributed by atoms with E-state index in [1.807, 2.05) is 6.07 Å². The zero-order chi connectivity index (χ0) is 12.6. The number of rotatable bonds is 7. The summed E-state index contributed by atoms with van der Waals surface area (Å²) in [6.45, 7) is 4.00. The van der Waals surface area contributed by atoms with Crippen molar-refractivity contribution in [3.8, 4) is 6.07 Å². The summed E-state index contributed by atoms with van der Waals surface area (Å²) in [6.07, 6.45) is 6.79. The third kappa shape index (κ3) is 4.74. The third-order valence-electron chi connectivity index (χ3n) is 3.76. The molecular weight excluding hydrogens is 214 g/mol. The van der Waals surface area contributed by atoms with Gasteiger partial charge >= 0.3 is 0 Å². The van der Waals surface area contributed by atoms with Gasteiger partial charge in [-0.05, 0) is 24.7 Å². The smallest absolute Gasteiger partial charge is 0.233 e. The molecule has 1 amide bonds. The van der Waals surface area contributed by atoms with Crippen LogP contribution in [0.3, 0.4) is 0 Å². The van der Waals surface area contributed by atoms with Crippen molar-refractivity contribution in [3.05, 3.63) is 0 Å². The lowest BCUT2D eigenvalue weighted by Crippen LogP contribution is -2.39. The van der Waals surface area contributed by atoms with Crippen molar-refractivity contribution in [2.75, 3.05) is 19.6 Å². The topological polar surface area (TPSA) is 64.9 Å². The first-order valence-electron chi connectivity index (χ1n) is 6.57. The van der Waals surface area contributed by atoms with E-state index in [9.17, 15) is 4.79 Å². The van der Waals surface area contributed by atoms with Crippen molar-refractivity contribution in [3.63, 3.8) is 0 Å². The molecule has 1 aliphatic rings. The Hall–Kier alpha value is -1.08.